The number of benzene rings is 1. The monoisotopic (exact) mass is 286 g/mol. The van der Waals surface area contributed by atoms with Crippen LogP contribution in [0.4, 0.5) is 5.69 Å². The van der Waals surface area contributed by atoms with Crippen molar-refractivity contribution in [3.8, 4) is 6.07 Å². The van der Waals surface area contributed by atoms with Gasteiger partial charge in [-0.2, -0.15) is 5.26 Å². The highest BCUT2D eigenvalue weighted by Gasteiger charge is 2.22. The van der Waals surface area contributed by atoms with E-state index in [4.69, 9.17) is 10.00 Å². The first kappa shape index (κ1) is 15.2. The molecule has 110 valence electrons. The van der Waals surface area contributed by atoms with Gasteiger partial charge in [-0.25, -0.2) is 0 Å². The van der Waals surface area contributed by atoms with E-state index in [1.165, 1.54) is 0 Å². The number of hydrogen-bond donors (Lipinski definition) is 1. The first-order chi connectivity index (χ1) is 9.80. The van der Waals surface area contributed by atoms with E-state index in [2.05, 4.69) is 5.32 Å². The summed E-state index contributed by atoms with van der Waals surface area (Å²) in [4.78, 5) is 23.5. The highest BCUT2D eigenvalue weighted by atomic mass is 16.5. The number of rotatable bonds is 3. The van der Waals surface area contributed by atoms with Gasteiger partial charge < -0.3 is 10.1 Å². The number of carbonyl (C=O) groups is 2. The summed E-state index contributed by atoms with van der Waals surface area (Å²) in [6.45, 7) is 5.51. The predicted molar refractivity (Wildman–Crippen MR) is 78.1 cm³/mol. The van der Waals surface area contributed by atoms with Crippen LogP contribution < -0.4 is 5.32 Å². The van der Waals surface area contributed by atoms with E-state index in [0.29, 0.717) is 29.7 Å². The highest BCUT2D eigenvalue weighted by molar-refractivity contribution is 6.02. The molecule has 21 heavy (non-hydrogen) atoms. The lowest BCUT2D eigenvalue weighted by molar-refractivity contribution is -0.125. The Bertz CT molecular complexity index is 636. The molecule has 0 spiro atoms. The van der Waals surface area contributed by atoms with Gasteiger partial charge in [-0.05, 0) is 44.9 Å². The molecule has 0 radical (unpaired) electrons. The van der Waals surface area contributed by atoms with Crippen molar-refractivity contribution in [2.75, 3.05) is 11.9 Å². The summed E-state index contributed by atoms with van der Waals surface area (Å²) in [5, 5.41) is 11.8. The van der Waals surface area contributed by atoms with Gasteiger partial charge in [0.1, 0.15) is 12.7 Å². The predicted octanol–water partition coefficient (Wildman–Crippen LogP) is 2.44. The van der Waals surface area contributed by atoms with E-state index in [0.717, 1.165) is 5.56 Å². The van der Waals surface area contributed by atoms with Crippen LogP contribution in [-0.4, -0.2) is 23.9 Å². The standard InChI is InChI=1S/C16H18N2O3/c1-16(2,3)21-9-15(20)18-13-7-10-4-5-14(19)12(10)6-11(13)8-17/h6-7H,4-5,9H2,1-3H3,(H,18,20). The molecule has 0 unspecified atom stereocenters. The van der Waals surface area contributed by atoms with Crippen molar-refractivity contribution in [3.63, 3.8) is 0 Å². The van der Waals surface area contributed by atoms with E-state index in [-0.39, 0.29) is 18.3 Å². The molecular formula is C16H18N2O3. The van der Waals surface area contributed by atoms with Gasteiger partial charge in [-0.1, -0.05) is 0 Å². The van der Waals surface area contributed by atoms with Gasteiger partial charge >= 0.3 is 0 Å². The molecule has 0 aromatic heterocycles. The Balaban J connectivity index is 2.16. The van der Waals surface area contributed by atoms with Crippen LogP contribution in [0.25, 0.3) is 0 Å². The van der Waals surface area contributed by atoms with Crippen molar-refractivity contribution in [3.05, 3.63) is 28.8 Å². The van der Waals surface area contributed by atoms with Crippen LogP contribution in [0, 0.1) is 11.3 Å². The zero-order valence-corrected chi connectivity index (χ0v) is 12.4. The average molecular weight is 286 g/mol. The number of anilines is 1. The van der Waals surface area contributed by atoms with Gasteiger partial charge in [0.25, 0.3) is 0 Å². The maximum Gasteiger partial charge on any atom is 0.250 e. The van der Waals surface area contributed by atoms with Crippen LogP contribution in [-0.2, 0) is 16.0 Å². The molecule has 1 aromatic rings. The van der Waals surface area contributed by atoms with E-state index in [1.807, 2.05) is 26.8 Å². The lowest BCUT2D eigenvalue weighted by Gasteiger charge is -2.19. The summed E-state index contributed by atoms with van der Waals surface area (Å²) in [5.74, 6) is -0.263. The van der Waals surface area contributed by atoms with Crippen molar-refractivity contribution in [2.45, 2.75) is 39.2 Å². The zero-order chi connectivity index (χ0) is 15.6. The summed E-state index contributed by atoms with van der Waals surface area (Å²) in [5.41, 5.74) is 1.81. The van der Waals surface area contributed by atoms with Gasteiger partial charge in [0.2, 0.25) is 5.91 Å². The molecule has 0 heterocycles. The number of hydrogen-bond acceptors (Lipinski definition) is 4. The average Bonchev–Trinajstić information content (AvgIpc) is 2.76. The zero-order valence-electron chi connectivity index (χ0n) is 12.4. The quantitative estimate of drug-likeness (QED) is 0.925. The first-order valence-corrected chi connectivity index (χ1v) is 6.84. The minimum Gasteiger partial charge on any atom is -0.366 e. The molecular weight excluding hydrogens is 268 g/mol. The normalized spacial score (nSPS) is 13.7. The third-order valence-electron chi connectivity index (χ3n) is 3.20. The Kier molecular flexibility index (Phi) is 4.10. The fourth-order valence-corrected chi connectivity index (χ4v) is 2.16. The minimum absolute atomic E-state index is 0.0513. The molecule has 1 aromatic carbocycles. The Morgan fingerprint density at radius 3 is 2.71 bits per heavy atom. The third-order valence-corrected chi connectivity index (χ3v) is 3.20. The van der Waals surface area contributed by atoms with E-state index in [1.54, 1.807) is 12.1 Å². The topological polar surface area (TPSA) is 79.2 Å². The number of nitriles is 1. The Morgan fingerprint density at radius 1 is 1.38 bits per heavy atom. The number of nitrogens with one attached hydrogen (secondary N) is 1. The molecule has 5 heteroatoms. The van der Waals surface area contributed by atoms with Crippen LogP contribution >= 0.6 is 0 Å². The molecule has 5 nitrogen and oxygen atoms in total. The summed E-state index contributed by atoms with van der Waals surface area (Å²) in [6, 6.07) is 5.29. The second kappa shape index (κ2) is 5.66. The molecule has 0 saturated carbocycles. The summed E-state index contributed by atoms with van der Waals surface area (Å²) in [6.07, 6.45) is 1.12. The van der Waals surface area contributed by atoms with Crippen molar-refractivity contribution < 1.29 is 14.3 Å². The van der Waals surface area contributed by atoms with Crippen LogP contribution in [0.3, 0.4) is 0 Å². The molecule has 0 saturated heterocycles. The molecule has 0 aliphatic heterocycles. The van der Waals surface area contributed by atoms with Gasteiger partial charge in [0.05, 0.1) is 16.9 Å². The highest BCUT2D eigenvalue weighted by Crippen LogP contribution is 2.28. The number of nitrogens with zero attached hydrogens (tertiary/aromatic N) is 1. The number of aryl methyl sites for hydroxylation is 1. The SMILES string of the molecule is CC(C)(C)OCC(=O)Nc1cc2c(cc1C#N)C(=O)CC2. The first-order valence-electron chi connectivity index (χ1n) is 6.84. The van der Waals surface area contributed by atoms with Gasteiger partial charge in [-0.15, -0.1) is 0 Å². The number of amides is 1. The molecule has 2 rings (SSSR count). The summed E-state index contributed by atoms with van der Waals surface area (Å²) < 4.78 is 5.40. The summed E-state index contributed by atoms with van der Waals surface area (Å²) >= 11 is 0. The van der Waals surface area contributed by atoms with E-state index >= 15 is 0 Å². The molecule has 1 amide bonds. The molecule has 1 aliphatic carbocycles. The molecule has 0 bridgehead atoms. The number of ether oxygens (including phenoxy) is 1. The molecule has 0 atom stereocenters. The maximum atomic E-state index is 11.9. The Hall–Kier alpha value is -2.19. The number of ketones is 1. The Labute approximate surface area is 123 Å². The number of fused-ring (bicyclic) bond motifs is 1. The lowest BCUT2D eigenvalue weighted by atomic mass is 10.0. The lowest BCUT2D eigenvalue weighted by Crippen LogP contribution is -2.27. The largest absolute Gasteiger partial charge is 0.366 e. The maximum absolute atomic E-state index is 11.9. The third kappa shape index (κ3) is 3.67. The van der Waals surface area contributed by atoms with E-state index in [9.17, 15) is 9.59 Å². The smallest absolute Gasteiger partial charge is 0.250 e. The number of carbonyl (C=O) groups excluding carboxylic acids is 2. The van der Waals surface area contributed by atoms with Gasteiger partial charge in [0, 0.05) is 12.0 Å². The summed E-state index contributed by atoms with van der Waals surface area (Å²) in [7, 11) is 0. The van der Waals surface area contributed by atoms with Gasteiger partial charge in [-0.3, -0.25) is 9.59 Å². The van der Waals surface area contributed by atoms with Crippen LogP contribution in [0.1, 0.15) is 48.7 Å². The Morgan fingerprint density at radius 2 is 2.10 bits per heavy atom. The molecule has 1 N–H and O–H groups in total. The second-order valence-corrected chi connectivity index (χ2v) is 6.04. The molecule has 1 aliphatic rings. The minimum atomic E-state index is -0.403. The van der Waals surface area contributed by atoms with Crippen molar-refractivity contribution in [1.82, 2.24) is 0 Å². The number of Topliss-reactive ketones (excluding diaryl/α,β-unsaturated/α-hetero) is 1. The fraction of sp³-hybridized carbons (Fsp3) is 0.438. The van der Waals surface area contributed by atoms with Crippen molar-refractivity contribution in [1.29, 1.82) is 5.26 Å². The second-order valence-electron chi connectivity index (χ2n) is 6.04. The fourth-order valence-electron chi connectivity index (χ4n) is 2.16. The van der Waals surface area contributed by atoms with Gasteiger partial charge in [0.15, 0.2) is 5.78 Å². The van der Waals surface area contributed by atoms with Crippen LogP contribution in [0.5, 0.6) is 0 Å². The van der Waals surface area contributed by atoms with Crippen LogP contribution in [0.15, 0.2) is 12.1 Å². The molecule has 0 fully saturated rings. The van der Waals surface area contributed by atoms with E-state index < -0.39 is 5.60 Å². The van der Waals surface area contributed by atoms with Crippen molar-refractivity contribution in [2.24, 2.45) is 0 Å². The van der Waals surface area contributed by atoms with Crippen LogP contribution in [0.2, 0.25) is 0 Å². The van der Waals surface area contributed by atoms with Crippen molar-refractivity contribution >= 4 is 17.4 Å².